The number of likely N-dealkylation sites (tertiary alicyclic amines) is 1. The van der Waals surface area contributed by atoms with Crippen LogP contribution in [0.2, 0.25) is 0 Å². The lowest BCUT2D eigenvalue weighted by Gasteiger charge is -2.19. The van der Waals surface area contributed by atoms with Crippen molar-refractivity contribution < 1.29 is 9.59 Å². The molecule has 1 aliphatic heterocycles. The minimum absolute atomic E-state index is 0.126. The van der Waals surface area contributed by atoms with Gasteiger partial charge in [0.15, 0.2) is 0 Å². The van der Waals surface area contributed by atoms with E-state index in [-0.39, 0.29) is 17.9 Å². The van der Waals surface area contributed by atoms with Crippen LogP contribution in [-0.2, 0) is 4.79 Å². The van der Waals surface area contributed by atoms with Gasteiger partial charge in [0.05, 0.1) is 6.07 Å². The molecule has 1 aromatic carbocycles. The summed E-state index contributed by atoms with van der Waals surface area (Å²) in [6.45, 7) is 2.06. The molecule has 19 heavy (non-hydrogen) atoms. The normalized spacial score (nSPS) is 17.9. The number of benzene rings is 1. The lowest BCUT2D eigenvalue weighted by molar-refractivity contribution is -0.114. The Kier molecular flexibility index (Phi) is 3.81. The zero-order valence-corrected chi connectivity index (χ0v) is 10.7. The molecule has 0 unspecified atom stereocenters. The standard InChI is InChI=1S/C14H15N3O2/c1-10(18)16-12-6-4-11(5-7-12)14(19)17-8-2-3-13(17)9-15/h4-7,13H,2-3,8H2,1H3,(H,16,18)/t13-/m0/s1. The third-order valence-electron chi connectivity index (χ3n) is 3.11. The summed E-state index contributed by atoms with van der Waals surface area (Å²) in [5.41, 5.74) is 1.19. The molecule has 0 aliphatic carbocycles. The molecule has 2 amide bonds. The van der Waals surface area contributed by atoms with Crippen molar-refractivity contribution in [3.8, 4) is 6.07 Å². The highest BCUT2D eigenvalue weighted by atomic mass is 16.2. The molecule has 1 aromatic rings. The molecule has 0 saturated carbocycles. The second-order valence-electron chi connectivity index (χ2n) is 4.54. The fourth-order valence-corrected chi connectivity index (χ4v) is 2.21. The Morgan fingerprint density at radius 3 is 2.63 bits per heavy atom. The first-order valence-electron chi connectivity index (χ1n) is 6.20. The van der Waals surface area contributed by atoms with Crippen LogP contribution in [-0.4, -0.2) is 29.3 Å². The minimum Gasteiger partial charge on any atom is -0.326 e. The van der Waals surface area contributed by atoms with Gasteiger partial charge >= 0.3 is 0 Å². The molecule has 1 aliphatic rings. The van der Waals surface area contributed by atoms with Gasteiger partial charge in [-0.1, -0.05) is 0 Å². The second-order valence-corrected chi connectivity index (χ2v) is 4.54. The number of nitriles is 1. The lowest BCUT2D eigenvalue weighted by Crippen LogP contribution is -2.34. The zero-order valence-electron chi connectivity index (χ0n) is 10.7. The Bertz CT molecular complexity index is 531. The number of hydrogen-bond acceptors (Lipinski definition) is 3. The first kappa shape index (κ1) is 13.1. The Morgan fingerprint density at radius 1 is 1.37 bits per heavy atom. The number of nitrogens with zero attached hydrogens (tertiary/aromatic N) is 2. The van der Waals surface area contributed by atoms with E-state index in [1.165, 1.54) is 6.92 Å². The quantitative estimate of drug-likeness (QED) is 0.877. The molecule has 0 bridgehead atoms. The molecule has 1 heterocycles. The summed E-state index contributed by atoms with van der Waals surface area (Å²) in [5.74, 6) is -0.276. The monoisotopic (exact) mass is 257 g/mol. The Morgan fingerprint density at radius 2 is 2.05 bits per heavy atom. The summed E-state index contributed by atoms with van der Waals surface area (Å²) in [5, 5.41) is 11.6. The van der Waals surface area contributed by atoms with Gasteiger partial charge in [0, 0.05) is 24.7 Å². The zero-order chi connectivity index (χ0) is 13.8. The summed E-state index contributed by atoms with van der Waals surface area (Å²) in [7, 11) is 0. The maximum Gasteiger partial charge on any atom is 0.254 e. The van der Waals surface area contributed by atoms with Crippen molar-refractivity contribution in [2.75, 3.05) is 11.9 Å². The highest BCUT2D eigenvalue weighted by Crippen LogP contribution is 2.20. The number of amides is 2. The van der Waals surface area contributed by atoms with Crippen LogP contribution in [0.4, 0.5) is 5.69 Å². The van der Waals surface area contributed by atoms with Crippen molar-refractivity contribution in [2.24, 2.45) is 0 Å². The number of carbonyl (C=O) groups is 2. The van der Waals surface area contributed by atoms with E-state index in [9.17, 15) is 9.59 Å². The van der Waals surface area contributed by atoms with Crippen molar-refractivity contribution in [1.29, 1.82) is 5.26 Å². The third kappa shape index (κ3) is 2.91. The average molecular weight is 257 g/mol. The van der Waals surface area contributed by atoms with Crippen molar-refractivity contribution in [3.63, 3.8) is 0 Å². The first-order valence-corrected chi connectivity index (χ1v) is 6.20. The molecule has 1 saturated heterocycles. The van der Waals surface area contributed by atoms with Crippen LogP contribution in [0.1, 0.15) is 30.1 Å². The van der Waals surface area contributed by atoms with Gasteiger partial charge in [-0.15, -0.1) is 0 Å². The van der Waals surface area contributed by atoms with Gasteiger partial charge in [0.2, 0.25) is 5.91 Å². The fraction of sp³-hybridized carbons (Fsp3) is 0.357. The van der Waals surface area contributed by atoms with Crippen molar-refractivity contribution in [1.82, 2.24) is 4.90 Å². The maximum atomic E-state index is 12.2. The molecule has 98 valence electrons. The molecule has 2 rings (SSSR count). The largest absolute Gasteiger partial charge is 0.326 e. The van der Waals surface area contributed by atoms with Gasteiger partial charge < -0.3 is 10.2 Å². The minimum atomic E-state index is -0.317. The molecule has 0 aromatic heterocycles. The van der Waals surface area contributed by atoms with Crippen LogP contribution in [0.5, 0.6) is 0 Å². The van der Waals surface area contributed by atoms with E-state index in [1.54, 1.807) is 29.2 Å². The predicted molar refractivity (Wildman–Crippen MR) is 70.4 cm³/mol. The van der Waals surface area contributed by atoms with E-state index >= 15 is 0 Å². The van der Waals surface area contributed by atoms with Gasteiger partial charge in [-0.25, -0.2) is 0 Å². The fourth-order valence-electron chi connectivity index (χ4n) is 2.21. The maximum absolute atomic E-state index is 12.2. The predicted octanol–water partition coefficient (Wildman–Crippen LogP) is 1.77. The summed E-state index contributed by atoms with van der Waals surface area (Å²) < 4.78 is 0. The van der Waals surface area contributed by atoms with E-state index in [4.69, 9.17) is 5.26 Å². The number of hydrogen-bond donors (Lipinski definition) is 1. The first-order chi connectivity index (χ1) is 9.11. The van der Waals surface area contributed by atoms with Gasteiger partial charge in [-0.2, -0.15) is 5.26 Å². The van der Waals surface area contributed by atoms with E-state index in [1.807, 2.05) is 0 Å². The molecule has 5 heteroatoms. The summed E-state index contributed by atoms with van der Waals surface area (Å²) >= 11 is 0. The topological polar surface area (TPSA) is 73.2 Å². The molecule has 5 nitrogen and oxygen atoms in total. The van der Waals surface area contributed by atoms with Gasteiger partial charge in [-0.05, 0) is 37.1 Å². The van der Waals surface area contributed by atoms with E-state index in [0.717, 1.165) is 12.8 Å². The van der Waals surface area contributed by atoms with E-state index < -0.39 is 0 Å². The summed E-state index contributed by atoms with van der Waals surface area (Å²) in [4.78, 5) is 24.7. The second kappa shape index (κ2) is 5.53. The SMILES string of the molecule is CC(=O)Nc1ccc(C(=O)N2CCC[C@H]2C#N)cc1. The molecule has 0 spiro atoms. The van der Waals surface area contributed by atoms with Crippen LogP contribution in [0.15, 0.2) is 24.3 Å². The van der Waals surface area contributed by atoms with Gasteiger partial charge in [-0.3, -0.25) is 9.59 Å². The molecular formula is C14H15N3O2. The highest BCUT2D eigenvalue weighted by Gasteiger charge is 2.29. The highest BCUT2D eigenvalue weighted by molar-refractivity contribution is 5.96. The van der Waals surface area contributed by atoms with Crippen LogP contribution < -0.4 is 5.32 Å². The molecule has 0 radical (unpaired) electrons. The van der Waals surface area contributed by atoms with Crippen molar-refractivity contribution >= 4 is 17.5 Å². The van der Waals surface area contributed by atoms with Crippen LogP contribution in [0.3, 0.4) is 0 Å². The summed E-state index contributed by atoms with van der Waals surface area (Å²) in [6, 6.07) is 8.54. The van der Waals surface area contributed by atoms with Gasteiger partial charge in [0.25, 0.3) is 5.91 Å². The van der Waals surface area contributed by atoms with E-state index in [0.29, 0.717) is 17.8 Å². The number of rotatable bonds is 2. The third-order valence-corrected chi connectivity index (χ3v) is 3.11. The van der Waals surface area contributed by atoms with Crippen LogP contribution in [0.25, 0.3) is 0 Å². The Balaban J connectivity index is 2.12. The summed E-state index contributed by atoms with van der Waals surface area (Å²) in [6.07, 6.45) is 1.61. The molecule has 1 fully saturated rings. The number of nitrogens with one attached hydrogen (secondary N) is 1. The van der Waals surface area contributed by atoms with Crippen LogP contribution in [0, 0.1) is 11.3 Å². The Labute approximate surface area is 111 Å². The van der Waals surface area contributed by atoms with Crippen LogP contribution >= 0.6 is 0 Å². The average Bonchev–Trinajstić information content (AvgIpc) is 2.86. The number of carbonyl (C=O) groups excluding carboxylic acids is 2. The smallest absolute Gasteiger partial charge is 0.254 e. The van der Waals surface area contributed by atoms with Crippen molar-refractivity contribution in [2.45, 2.75) is 25.8 Å². The van der Waals surface area contributed by atoms with Crippen molar-refractivity contribution in [3.05, 3.63) is 29.8 Å². The van der Waals surface area contributed by atoms with Gasteiger partial charge in [0.1, 0.15) is 6.04 Å². The molecule has 1 atom stereocenters. The Hall–Kier alpha value is -2.35. The number of anilines is 1. The van der Waals surface area contributed by atoms with E-state index in [2.05, 4.69) is 11.4 Å². The molecule has 1 N–H and O–H groups in total. The molecular weight excluding hydrogens is 242 g/mol. The lowest BCUT2D eigenvalue weighted by atomic mass is 10.1.